The highest BCUT2D eigenvalue weighted by atomic mass is 16.5. The fourth-order valence-corrected chi connectivity index (χ4v) is 2.61. The van der Waals surface area contributed by atoms with Gasteiger partial charge in [-0.05, 0) is 12.1 Å². The Morgan fingerprint density at radius 2 is 1.96 bits per heavy atom. The van der Waals surface area contributed by atoms with Crippen LogP contribution in [0.1, 0.15) is 17.1 Å². The van der Waals surface area contributed by atoms with E-state index in [1.807, 2.05) is 53.6 Å². The van der Waals surface area contributed by atoms with E-state index >= 15 is 0 Å². The summed E-state index contributed by atoms with van der Waals surface area (Å²) in [6, 6.07) is 13.8. The van der Waals surface area contributed by atoms with Gasteiger partial charge >= 0.3 is 0 Å². The van der Waals surface area contributed by atoms with E-state index in [2.05, 4.69) is 10.2 Å². The average Bonchev–Trinajstić information content (AvgIpc) is 3.37. The predicted octanol–water partition coefficient (Wildman–Crippen LogP) is 2.86. The van der Waals surface area contributed by atoms with E-state index in [-0.39, 0.29) is 0 Å². The van der Waals surface area contributed by atoms with Gasteiger partial charge in [0.15, 0.2) is 12.5 Å². The molecule has 0 bridgehead atoms. The maximum absolute atomic E-state index is 5.74. The minimum absolute atomic E-state index is 0.418. The molecule has 0 aliphatic carbocycles. The molecule has 0 unspecified atom stereocenters. The molecule has 25 heavy (non-hydrogen) atoms. The lowest BCUT2D eigenvalue weighted by molar-refractivity contribution is 0.162. The first kappa shape index (κ1) is 15.5. The maximum atomic E-state index is 5.74. The van der Waals surface area contributed by atoms with Crippen LogP contribution in [0, 0.1) is 0 Å². The number of methoxy groups -OCH3 is 1. The molecule has 1 aromatic carbocycles. The summed E-state index contributed by atoms with van der Waals surface area (Å²) in [5, 5.41) is 8.78. The van der Waals surface area contributed by atoms with Crippen LogP contribution in [0.25, 0.3) is 5.76 Å². The Labute approximate surface area is 145 Å². The van der Waals surface area contributed by atoms with Gasteiger partial charge in [-0.25, -0.2) is 0 Å². The first-order valence-corrected chi connectivity index (χ1v) is 7.95. The Kier molecular flexibility index (Phi) is 4.22. The molecule has 7 nitrogen and oxygen atoms in total. The third-order valence-corrected chi connectivity index (χ3v) is 3.81. The van der Waals surface area contributed by atoms with E-state index in [9.17, 15) is 0 Å². The van der Waals surface area contributed by atoms with E-state index in [0.29, 0.717) is 19.9 Å². The van der Waals surface area contributed by atoms with E-state index in [1.54, 1.807) is 18.1 Å². The highest BCUT2D eigenvalue weighted by Gasteiger charge is 2.19. The summed E-state index contributed by atoms with van der Waals surface area (Å²) in [7, 11) is 1.64. The van der Waals surface area contributed by atoms with Crippen LogP contribution in [0.5, 0.6) is 0 Å². The summed E-state index contributed by atoms with van der Waals surface area (Å²) in [6.07, 6.45) is 3.65. The number of ether oxygens (including phenoxy) is 2. The second-order valence-corrected chi connectivity index (χ2v) is 5.64. The zero-order valence-electron chi connectivity index (χ0n) is 13.8. The molecule has 0 saturated heterocycles. The molecule has 128 valence electrons. The summed E-state index contributed by atoms with van der Waals surface area (Å²) in [4.78, 5) is 3.52. The minimum Gasteiger partial charge on any atom is -0.471 e. The SMILES string of the molecule is COCc1ccc(Cn2ncc(N3C=C(c4ccccc4)OC3)n2)o1. The van der Waals surface area contributed by atoms with Crippen molar-refractivity contribution in [1.29, 1.82) is 0 Å². The van der Waals surface area contributed by atoms with Crippen molar-refractivity contribution < 1.29 is 13.9 Å². The van der Waals surface area contributed by atoms with Gasteiger partial charge in [0, 0.05) is 12.7 Å². The van der Waals surface area contributed by atoms with Gasteiger partial charge in [0.25, 0.3) is 0 Å². The number of nitrogens with zero attached hydrogens (tertiary/aromatic N) is 4. The molecule has 3 aromatic rings. The predicted molar refractivity (Wildman–Crippen MR) is 91.4 cm³/mol. The number of anilines is 1. The molecule has 7 heteroatoms. The smallest absolute Gasteiger partial charge is 0.177 e. The number of hydrogen-bond donors (Lipinski definition) is 0. The fraction of sp³-hybridized carbons (Fsp3) is 0.222. The van der Waals surface area contributed by atoms with Crippen LogP contribution in [0.4, 0.5) is 5.82 Å². The van der Waals surface area contributed by atoms with Gasteiger partial charge < -0.3 is 13.9 Å². The van der Waals surface area contributed by atoms with Gasteiger partial charge in [0.1, 0.15) is 30.4 Å². The maximum Gasteiger partial charge on any atom is 0.177 e. The Balaban J connectivity index is 1.45. The average molecular weight is 338 g/mol. The number of benzene rings is 1. The van der Waals surface area contributed by atoms with Crippen LogP contribution < -0.4 is 4.90 Å². The number of aromatic nitrogens is 3. The fourth-order valence-electron chi connectivity index (χ4n) is 2.61. The van der Waals surface area contributed by atoms with E-state index in [4.69, 9.17) is 13.9 Å². The van der Waals surface area contributed by atoms with Crippen molar-refractivity contribution in [3.8, 4) is 0 Å². The molecule has 1 aliphatic heterocycles. The molecule has 0 amide bonds. The van der Waals surface area contributed by atoms with Crippen molar-refractivity contribution >= 4 is 11.6 Å². The highest BCUT2D eigenvalue weighted by Crippen LogP contribution is 2.25. The van der Waals surface area contributed by atoms with Crippen molar-refractivity contribution in [2.75, 3.05) is 18.7 Å². The third-order valence-electron chi connectivity index (χ3n) is 3.81. The van der Waals surface area contributed by atoms with Crippen LogP contribution in [0.3, 0.4) is 0 Å². The largest absolute Gasteiger partial charge is 0.471 e. The number of furan rings is 1. The van der Waals surface area contributed by atoms with Gasteiger partial charge in [-0.2, -0.15) is 9.90 Å². The van der Waals surface area contributed by atoms with Crippen LogP contribution in [-0.2, 0) is 22.6 Å². The van der Waals surface area contributed by atoms with Crippen molar-refractivity contribution in [1.82, 2.24) is 15.0 Å². The molecule has 0 fully saturated rings. The van der Waals surface area contributed by atoms with Crippen LogP contribution >= 0.6 is 0 Å². The summed E-state index contributed by atoms with van der Waals surface area (Å²) < 4.78 is 16.5. The normalized spacial score (nSPS) is 13.8. The van der Waals surface area contributed by atoms with E-state index < -0.39 is 0 Å². The second kappa shape index (κ2) is 6.82. The minimum atomic E-state index is 0.418. The molecule has 0 N–H and O–H groups in total. The molecule has 0 radical (unpaired) electrons. The monoisotopic (exact) mass is 338 g/mol. The lowest BCUT2D eigenvalue weighted by Crippen LogP contribution is -2.14. The quantitative estimate of drug-likeness (QED) is 0.688. The Morgan fingerprint density at radius 3 is 2.80 bits per heavy atom. The Bertz CT molecular complexity index is 869. The molecule has 2 aromatic heterocycles. The van der Waals surface area contributed by atoms with Crippen LogP contribution in [0.15, 0.2) is 59.3 Å². The number of hydrogen-bond acceptors (Lipinski definition) is 6. The van der Waals surface area contributed by atoms with Crippen molar-refractivity contribution in [3.05, 3.63) is 71.9 Å². The lowest BCUT2D eigenvalue weighted by atomic mass is 10.2. The summed E-state index contributed by atoms with van der Waals surface area (Å²) in [6.45, 7) is 1.34. The standard InChI is InChI=1S/C18H18N4O3/c1-23-12-16-8-7-15(25-16)10-22-19-9-18(20-22)21-11-17(24-13-21)14-5-3-2-4-6-14/h2-9,11H,10,12-13H2,1H3. The van der Waals surface area contributed by atoms with Gasteiger partial charge in [-0.1, -0.05) is 30.3 Å². The molecule has 3 heterocycles. The highest BCUT2D eigenvalue weighted by molar-refractivity contribution is 5.65. The molecule has 0 spiro atoms. The second-order valence-electron chi connectivity index (χ2n) is 5.64. The molecular weight excluding hydrogens is 320 g/mol. The van der Waals surface area contributed by atoms with Crippen LogP contribution in [0.2, 0.25) is 0 Å². The zero-order chi connectivity index (χ0) is 17.1. The zero-order valence-corrected chi connectivity index (χ0v) is 13.8. The summed E-state index contributed by atoms with van der Waals surface area (Å²) in [5.74, 6) is 3.13. The number of rotatable bonds is 6. The van der Waals surface area contributed by atoms with Crippen LogP contribution in [-0.4, -0.2) is 28.8 Å². The Hall–Kier alpha value is -3.06. The van der Waals surface area contributed by atoms with Gasteiger partial charge in [0.05, 0.1) is 12.4 Å². The van der Waals surface area contributed by atoms with Gasteiger partial charge in [-0.15, -0.1) is 5.10 Å². The third kappa shape index (κ3) is 3.41. The summed E-state index contributed by atoms with van der Waals surface area (Å²) in [5.41, 5.74) is 1.04. The molecular formula is C18H18N4O3. The molecule has 0 atom stereocenters. The first-order chi connectivity index (χ1) is 12.3. The topological polar surface area (TPSA) is 65.5 Å². The van der Waals surface area contributed by atoms with Crippen molar-refractivity contribution in [2.24, 2.45) is 0 Å². The van der Waals surface area contributed by atoms with E-state index in [1.165, 1.54) is 0 Å². The molecule has 1 aliphatic rings. The van der Waals surface area contributed by atoms with E-state index in [0.717, 1.165) is 28.7 Å². The van der Waals surface area contributed by atoms with Crippen molar-refractivity contribution in [3.63, 3.8) is 0 Å². The lowest BCUT2D eigenvalue weighted by Gasteiger charge is -2.07. The van der Waals surface area contributed by atoms with Gasteiger partial charge in [-0.3, -0.25) is 4.90 Å². The summed E-state index contributed by atoms with van der Waals surface area (Å²) >= 11 is 0. The molecule has 4 rings (SSSR count). The first-order valence-electron chi connectivity index (χ1n) is 7.95. The van der Waals surface area contributed by atoms with Gasteiger partial charge in [0.2, 0.25) is 0 Å². The molecule has 0 saturated carbocycles. The van der Waals surface area contributed by atoms with Crippen molar-refractivity contribution in [2.45, 2.75) is 13.2 Å². The Morgan fingerprint density at radius 1 is 1.12 bits per heavy atom.